The molecule has 0 aliphatic heterocycles. The first-order chi connectivity index (χ1) is 12.3. The number of aromatic nitrogens is 2. The number of rotatable bonds is 3. The Morgan fingerprint density at radius 3 is 2.35 bits per heavy atom. The molecule has 3 rings (SSSR count). The Morgan fingerprint density at radius 1 is 1.19 bits per heavy atom. The van der Waals surface area contributed by atoms with Crippen LogP contribution in [-0.2, 0) is 5.54 Å². The molecule has 26 heavy (non-hydrogen) atoms. The molecule has 0 N–H and O–H groups in total. The van der Waals surface area contributed by atoms with E-state index in [1.807, 2.05) is 26.8 Å². The van der Waals surface area contributed by atoms with E-state index in [2.05, 4.69) is 4.98 Å². The number of methoxy groups -OCH3 is 1. The maximum absolute atomic E-state index is 13.8. The molecule has 0 amide bonds. The predicted octanol–water partition coefficient (Wildman–Crippen LogP) is 5.28. The standard InChI is InChI=1S/C20H19F2N3O/c1-20(2,3)25-11-13(10-23)17-15(18(21)22)9-16(24-19(17)25)12-5-7-14(26-4)8-6-12/h5-9,11,18H,1-4H3. The largest absolute Gasteiger partial charge is 0.497 e. The molecule has 2 heterocycles. The van der Waals surface area contributed by atoms with Crippen LogP contribution in [0, 0.1) is 11.3 Å². The lowest BCUT2D eigenvalue weighted by Gasteiger charge is -2.22. The number of halogens is 2. The van der Waals surface area contributed by atoms with Gasteiger partial charge in [0.25, 0.3) is 6.43 Å². The molecule has 0 aliphatic carbocycles. The minimum atomic E-state index is -2.71. The van der Waals surface area contributed by atoms with Crippen LogP contribution < -0.4 is 4.74 Å². The second kappa shape index (κ2) is 6.41. The Kier molecular flexibility index (Phi) is 4.41. The molecule has 2 aromatic heterocycles. The number of nitriles is 1. The first-order valence-corrected chi connectivity index (χ1v) is 8.15. The fourth-order valence-corrected chi connectivity index (χ4v) is 2.93. The van der Waals surface area contributed by atoms with E-state index in [0.717, 1.165) is 0 Å². The molecule has 0 aliphatic rings. The highest BCUT2D eigenvalue weighted by Gasteiger charge is 2.25. The highest BCUT2D eigenvalue weighted by molar-refractivity contribution is 5.89. The van der Waals surface area contributed by atoms with E-state index in [0.29, 0.717) is 22.7 Å². The average molecular weight is 355 g/mol. The zero-order valence-corrected chi connectivity index (χ0v) is 15.0. The normalized spacial score (nSPS) is 11.8. The number of hydrogen-bond donors (Lipinski definition) is 0. The summed E-state index contributed by atoms with van der Waals surface area (Å²) in [5, 5.41) is 9.63. The molecular formula is C20H19F2N3O. The van der Waals surface area contributed by atoms with Gasteiger partial charge >= 0.3 is 0 Å². The first-order valence-electron chi connectivity index (χ1n) is 8.15. The Bertz CT molecular complexity index is 993. The Labute approximate surface area is 150 Å². The van der Waals surface area contributed by atoms with Crippen LogP contribution in [0.4, 0.5) is 8.78 Å². The van der Waals surface area contributed by atoms with Crippen LogP contribution in [0.3, 0.4) is 0 Å². The van der Waals surface area contributed by atoms with Crippen LogP contribution in [0.5, 0.6) is 5.75 Å². The van der Waals surface area contributed by atoms with Gasteiger partial charge in [-0.3, -0.25) is 0 Å². The quantitative estimate of drug-likeness (QED) is 0.642. The third kappa shape index (κ3) is 3.01. The summed E-state index contributed by atoms with van der Waals surface area (Å²) >= 11 is 0. The van der Waals surface area contributed by atoms with Crippen molar-refractivity contribution in [1.29, 1.82) is 5.26 Å². The average Bonchev–Trinajstić information content (AvgIpc) is 3.00. The molecule has 0 unspecified atom stereocenters. The molecule has 0 spiro atoms. The van der Waals surface area contributed by atoms with E-state index in [1.54, 1.807) is 42.1 Å². The lowest BCUT2D eigenvalue weighted by Crippen LogP contribution is -2.21. The van der Waals surface area contributed by atoms with Crippen molar-refractivity contribution in [2.24, 2.45) is 0 Å². The summed E-state index contributed by atoms with van der Waals surface area (Å²) in [5.41, 5.74) is 1.15. The van der Waals surface area contributed by atoms with Gasteiger partial charge < -0.3 is 9.30 Å². The molecule has 3 aromatic rings. The minimum absolute atomic E-state index is 0.180. The van der Waals surface area contributed by atoms with Crippen molar-refractivity contribution in [2.45, 2.75) is 32.7 Å². The second-order valence-electron chi connectivity index (χ2n) is 7.02. The summed E-state index contributed by atoms with van der Waals surface area (Å²) in [7, 11) is 1.56. The first kappa shape index (κ1) is 17.9. The molecule has 0 atom stereocenters. The van der Waals surface area contributed by atoms with Crippen LogP contribution in [0.1, 0.15) is 38.3 Å². The van der Waals surface area contributed by atoms with Gasteiger partial charge in [0.2, 0.25) is 0 Å². The molecule has 6 heteroatoms. The predicted molar refractivity (Wildman–Crippen MR) is 96.4 cm³/mol. The summed E-state index contributed by atoms with van der Waals surface area (Å²) < 4.78 is 34.5. The van der Waals surface area contributed by atoms with Crippen molar-refractivity contribution in [1.82, 2.24) is 9.55 Å². The molecule has 0 bridgehead atoms. The van der Waals surface area contributed by atoms with Gasteiger partial charge in [-0.25, -0.2) is 13.8 Å². The fourth-order valence-electron chi connectivity index (χ4n) is 2.93. The van der Waals surface area contributed by atoms with Crippen molar-refractivity contribution in [2.75, 3.05) is 7.11 Å². The van der Waals surface area contributed by atoms with Gasteiger partial charge in [0, 0.05) is 28.2 Å². The SMILES string of the molecule is COc1ccc(-c2cc(C(F)F)c3c(C#N)cn(C(C)(C)C)c3n2)cc1. The number of benzene rings is 1. The summed E-state index contributed by atoms with van der Waals surface area (Å²) in [5.74, 6) is 0.675. The van der Waals surface area contributed by atoms with Gasteiger partial charge in [-0.15, -0.1) is 0 Å². The van der Waals surface area contributed by atoms with Crippen LogP contribution in [0.2, 0.25) is 0 Å². The highest BCUT2D eigenvalue weighted by atomic mass is 19.3. The Balaban J connectivity index is 2.34. The maximum Gasteiger partial charge on any atom is 0.264 e. The number of fused-ring (bicyclic) bond motifs is 1. The molecule has 0 saturated carbocycles. The van der Waals surface area contributed by atoms with Crippen LogP contribution in [0.15, 0.2) is 36.5 Å². The van der Waals surface area contributed by atoms with E-state index in [-0.39, 0.29) is 16.5 Å². The number of hydrogen-bond acceptors (Lipinski definition) is 3. The number of nitrogens with zero attached hydrogens (tertiary/aromatic N) is 3. The fraction of sp³-hybridized carbons (Fsp3) is 0.300. The molecule has 4 nitrogen and oxygen atoms in total. The van der Waals surface area contributed by atoms with Gasteiger partial charge in [-0.05, 0) is 51.1 Å². The monoisotopic (exact) mass is 355 g/mol. The minimum Gasteiger partial charge on any atom is -0.497 e. The van der Waals surface area contributed by atoms with E-state index < -0.39 is 12.0 Å². The van der Waals surface area contributed by atoms with Crippen LogP contribution in [-0.4, -0.2) is 16.7 Å². The summed E-state index contributed by atoms with van der Waals surface area (Å²) in [6.07, 6.45) is -1.11. The van der Waals surface area contributed by atoms with Gasteiger partial charge in [0.05, 0.1) is 18.4 Å². The van der Waals surface area contributed by atoms with E-state index in [4.69, 9.17) is 4.74 Å². The Morgan fingerprint density at radius 2 is 1.85 bits per heavy atom. The van der Waals surface area contributed by atoms with E-state index >= 15 is 0 Å². The number of pyridine rings is 1. The third-order valence-corrected chi connectivity index (χ3v) is 4.25. The molecule has 0 saturated heterocycles. The maximum atomic E-state index is 13.8. The lowest BCUT2D eigenvalue weighted by atomic mass is 10.0. The molecular weight excluding hydrogens is 336 g/mol. The highest BCUT2D eigenvalue weighted by Crippen LogP contribution is 2.36. The molecule has 0 fully saturated rings. The zero-order chi connectivity index (χ0) is 19.1. The van der Waals surface area contributed by atoms with Crippen molar-refractivity contribution in [3.05, 3.63) is 47.7 Å². The second-order valence-corrected chi connectivity index (χ2v) is 7.02. The van der Waals surface area contributed by atoms with Crippen molar-refractivity contribution >= 4 is 11.0 Å². The van der Waals surface area contributed by atoms with E-state index in [1.165, 1.54) is 6.07 Å². The van der Waals surface area contributed by atoms with Gasteiger partial charge in [-0.1, -0.05) is 0 Å². The molecule has 0 radical (unpaired) electrons. The lowest BCUT2D eigenvalue weighted by molar-refractivity contribution is 0.153. The van der Waals surface area contributed by atoms with Crippen molar-refractivity contribution < 1.29 is 13.5 Å². The molecule has 134 valence electrons. The Hall–Kier alpha value is -2.94. The third-order valence-electron chi connectivity index (χ3n) is 4.25. The number of ether oxygens (including phenoxy) is 1. The van der Waals surface area contributed by atoms with Crippen LogP contribution in [0.25, 0.3) is 22.3 Å². The summed E-state index contributed by atoms with van der Waals surface area (Å²) in [4.78, 5) is 4.62. The zero-order valence-electron chi connectivity index (χ0n) is 15.0. The summed E-state index contributed by atoms with van der Waals surface area (Å²) in [6.45, 7) is 5.83. The van der Waals surface area contributed by atoms with E-state index in [9.17, 15) is 14.0 Å². The number of alkyl halides is 2. The van der Waals surface area contributed by atoms with Gasteiger partial charge in [0.1, 0.15) is 17.5 Å². The smallest absolute Gasteiger partial charge is 0.264 e. The van der Waals surface area contributed by atoms with Crippen molar-refractivity contribution in [3.63, 3.8) is 0 Å². The van der Waals surface area contributed by atoms with Gasteiger partial charge in [-0.2, -0.15) is 5.26 Å². The van der Waals surface area contributed by atoms with Gasteiger partial charge in [0.15, 0.2) is 0 Å². The van der Waals surface area contributed by atoms with Crippen molar-refractivity contribution in [3.8, 4) is 23.1 Å². The topological polar surface area (TPSA) is 50.8 Å². The summed E-state index contributed by atoms with van der Waals surface area (Å²) in [6, 6.07) is 10.4. The molecule has 1 aromatic carbocycles. The van der Waals surface area contributed by atoms with Crippen LogP contribution >= 0.6 is 0 Å².